The maximum Gasteiger partial charge on any atom is 0.275 e. The van der Waals surface area contributed by atoms with Gasteiger partial charge in [-0.2, -0.15) is 5.10 Å². The molecule has 1 amide bonds. The summed E-state index contributed by atoms with van der Waals surface area (Å²) >= 11 is 7.36. The number of carbonyl (C=O) groups is 1. The zero-order valence-electron chi connectivity index (χ0n) is 10.8. The first kappa shape index (κ1) is 14.6. The normalized spacial score (nSPS) is 11.4. The Bertz CT molecular complexity index is 639. The van der Waals surface area contributed by atoms with E-state index in [1.807, 2.05) is 24.4 Å². The number of thiophene rings is 1. The van der Waals surface area contributed by atoms with Gasteiger partial charge >= 0.3 is 0 Å². The Hall–Kier alpha value is -1.85. The first-order chi connectivity index (χ1) is 9.61. The van der Waals surface area contributed by atoms with Gasteiger partial charge in [-0.25, -0.2) is 5.43 Å². The van der Waals surface area contributed by atoms with Gasteiger partial charge in [0.1, 0.15) is 5.75 Å². The van der Waals surface area contributed by atoms with Crippen molar-refractivity contribution in [3.8, 4) is 5.75 Å². The van der Waals surface area contributed by atoms with E-state index in [2.05, 4.69) is 10.5 Å². The molecule has 0 bridgehead atoms. The lowest BCUT2D eigenvalue weighted by Crippen LogP contribution is -2.19. The van der Waals surface area contributed by atoms with E-state index in [0.29, 0.717) is 11.4 Å². The van der Waals surface area contributed by atoms with Gasteiger partial charge in [-0.15, -0.1) is 11.3 Å². The maximum absolute atomic E-state index is 12.0. The van der Waals surface area contributed by atoms with Gasteiger partial charge in [-0.1, -0.05) is 24.6 Å². The number of nitrogens with one attached hydrogen (secondary N) is 1. The van der Waals surface area contributed by atoms with Gasteiger partial charge in [0.15, 0.2) is 0 Å². The molecule has 4 nitrogen and oxygen atoms in total. The van der Waals surface area contributed by atoms with Gasteiger partial charge in [0.05, 0.1) is 16.2 Å². The zero-order valence-corrected chi connectivity index (χ0v) is 12.3. The second kappa shape index (κ2) is 6.54. The van der Waals surface area contributed by atoms with Crippen LogP contribution in [0.2, 0.25) is 5.02 Å². The van der Waals surface area contributed by atoms with Crippen LogP contribution < -0.4 is 5.43 Å². The smallest absolute Gasteiger partial charge is 0.275 e. The highest BCUT2D eigenvalue weighted by Gasteiger charge is 2.11. The van der Waals surface area contributed by atoms with E-state index in [9.17, 15) is 9.90 Å². The minimum absolute atomic E-state index is 0.0999. The molecule has 0 aliphatic rings. The minimum Gasteiger partial charge on any atom is -0.507 e. The third-order valence-corrected chi connectivity index (χ3v) is 3.79. The summed E-state index contributed by atoms with van der Waals surface area (Å²) in [6.07, 6.45) is 0.697. The van der Waals surface area contributed by atoms with Crippen LogP contribution in [0.3, 0.4) is 0 Å². The van der Waals surface area contributed by atoms with E-state index in [-0.39, 0.29) is 11.3 Å². The van der Waals surface area contributed by atoms with Crippen LogP contribution in [0.5, 0.6) is 5.75 Å². The molecule has 0 aliphatic heterocycles. The number of hydrazone groups is 1. The molecule has 0 saturated carbocycles. The van der Waals surface area contributed by atoms with Gasteiger partial charge < -0.3 is 5.11 Å². The van der Waals surface area contributed by atoms with E-state index in [1.54, 1.807) is 11.3 Å². The lowest BCUT2D eigenvalue weighted by Gasteiger charge is -2.05. The standard InChI is InChI=1S/C14H13ClN2O2S/c1-2-11(13-4-3-7-20-13)16-17-14(19)10-8-9(15)5-6-12(10)18/h3-8,18H,2H2,1H3,(H,17,19)/b16-11-. The minimum atomic E-state index is -0.493. The summed E-state index contributed by atoms with van der Waals surface area (Å²) in [5.74, 6) is -0.622. The lowest BCUT2D eigenvalue weighted by atomic mass is 10.2. The Labute approximate surface area is 125 Å². The van der Waals surface area contributed by atoms with Gasteiger partial charge in [-0.05, 0) is 36.1 Å². The SMILES string of the molecule is CC/C(=N/NC(=O)c1cc(Cl)ccc1O)c1cccs1. The molecule has 0 radical (unpaired) electrons. The third kappa shape index (κ3) is 3.37. The second-order valence-electron chi connectivity index (χ2n) is 3.99. The number of aromatic hydroxyl groups is 1. The highest BCUT2D eigenvalue weighted by atomic mass is 35.5. The second-order valence-corrected chi connectivity index (χ2v) is 5.38. The van der Waals surface area contributed by atoms with Crippen molar-refractivity contribution in [1.29, 1.82) is 0 Å². The fourth-order valence-electron chi connectivity index (χ4n) is 1.62. The molecule has 2 aromatic rings. The Morgan fingerprint density at radius 3 is 2.90 bits per heavy atom. The first-order valence-corrected chi connectivity index (χ1v) is 7.27. The Kier molecular flexibility index (Phi) is 4.76. The fourth-order valence-corrected chi connectivity index (χ4v) is 2.58. The summed E-state index contributed by atoms with van der Waals surface area (Å²) in [5, 5.41) is 16.1. The average Bonchev–Trinajstić information content (AvgIpc) is 2.96. The quantitative estimate of drug-likeness (QED) is 0.669. The molecule has 2 rings (SSSR count). The first-order valence-electron chi connectivity index (χ1n) is 6.01. The van der Waals surface area contributed by atoms with Crippen LogP contribution in [-0.2, 0) is 0 Å². The molecule has 1 aromatic heterocycles. The number of halogens is 1. The van der Waals surface area contributed by atoms with Crippen LogP contribution in [0, 0.1) is 0 Å². The van der Waals surface area contributed by atoms with Crippen molar-refractivity contribution in [3.63, 3.8) is 0 Å². The van der Waals surface area contributed by atoms with Gasteiger partial charge in [0.2, 0.25) is 0 Å². The van der Waals surface area contributed by atoms with Crippen molar-refractivity contribution in [2.45, 2.75) is 13.3 Å². The number of benzene rings is 1. The topological polar surface area (TPSA) is 61.7 Å². The number of carbonyl (C=O) groups excluding carboxylic acids is 1. The maximum atomic E-state index is 12.0. The molecule has 2 N–H and O–H groups in total. The van der Waals surface area contributed by atoms with E-state index < -0.39 is 5.91 Å². The summed E-state index contributed by atoms with van der Waals surface area (Å²) in [4.78, 5) is 13.0. The number of nitrogens with zero attached hydrogens (tertiary/aromatic N) is 1. The van der Waals surface area contributed by atoms with Crippen LogP contribution in [0.15, 0.2) is 40.8 Å². The van der Waals surface area contributed by atoms with Crippen molar-refractivity contribution in [2.24, 2.45) is 5.10 Å². The summed E-state index contributed by atoms with van der Waals surface area (Å²) in [6, 6.07) is 8.16. The predicted octanol–water partition coefficient (Wildman–Crippen LogP) is 3.65. The molecule has 0 atom stereocenters. The average molecular weight is 309 g/mol. The highest BCUT2D eigenvalue weighted by molar-refractivity contribution is 7.12. The van der Waals surface area contributed by atoms with Gasteiger partial charge in [-0.3, -0.25) is 4.79 Å². The van der Waals surface area contributed by atoms with Crippen LogP contribution >= 0.6 is 22.9 Å². The molecule has 1 heterocycles. The molecular weight excluding hydrogens is 296 g/mol. The number of hydrogen-bond acceptors (Lipinski definition) is 4. The monoisotopic (exact) mass is 308 g/mol. The molecule has 0 unspecified atom stereocenters. The molecular formula is C14H13ClN2O2S. The molecule has 1 aromatic carbocycles. The van der Waals surface area contributed by atoms with Crippen molar-refractivity contribution >= 4 is 34.6 Å². The number of phenols is 1. The highest BCUT2D eigenvalue weighted by Crippen LogP contribution is 2.21. The van der Waals surface area contributed by atoms with Crippen molar-refractivity contribution in [1.82, 2.24) is 5.43 Å². The zero-order chi connectivity index (χ0) is 14.5. The Morgan fingerprint density at radius 1 is 1.45 bits per heavy atom. The molecule has 0 saturated heterocycles. The molecule has 0 spiro atoms. The summed E-state index contributed by atoms with van der Waals surface area (Å²) < 4.78 is 0. The molecule has 0 fully saturated rings. The van der Waals surface area contributed by atoms with Gasteiger partial charge in [0, 0.05) is 5.02 Å². The molecule has 104 valence electrons. The van der Waals surface area contributed by atoms with E-state index in [1.165, 1.54) is 18.2 Å². The van der Waals surface area contributed by atoms with Crippen molar-refractivity contribution < 1.29 is 9.90 Å². The Balaban J connectivity index is 2.17. The largest absolute Gasteiger partial charge is 0.507 e. The van der Waals surface area contributed by atoms with E-state index in [4.69, 9.17) is 11.6 Å². The number of hydrogen-bond donors (Lipinski definition) is 2. The summed E-state index contributed by atoms with van der Waals surface area (Å²) in [6.45, 7) is 1.96. The van der Waals surface area contributed by atoms with Crippen LogP contribution in [0.1, 0.15) is 28.6 Å². The number of amides is 1. The Morgan fingerprint density at radius 2 is 2.25 bits per heavy atom. The molecule has 0 aliphatic carbocycles. The lowest BCUT2D eigenvalue weighted by molar-refractivity contribution is 0.0952. The van der Waals surface area contributed by atoms with Crippen LogP contribution in [0.4, 0.5) is 0 Å². The third-order valence-electron chi connectivity index (χ3n) is 2.64. The number of rotatable bonds is 4. The summed E-state index contributed by atoms with van der Waals surface area (Å²) in [5.41, 5.74) is 3.33. The fraction of sp³-hybridized carbons (Fsp3) is 0.143. The van der Waals surface area contributed by atoms with Crippen LogP contribution in [-0.4, -0.2) is 16.7 Å². The molecule has 20 heavy (non-hydrogen) atoms. The van der Waals surface area contributed by atoms with Gasteiger partial charge in [0.25, 0.3) is 5.91 Å². The van der Waals surface area contributed by atoms with E-state index in [0.717, 1.165) is 10.6 Å². The van der Waals surface area contributed by atoms with Crippen molar-refractivity contribution in [2.75, 3.05) is 0 Å². The van der Waals surface area contributed by atoms with E-state index >= 15 is 0 Å². The summed E-state index contributed by atoms with van der Waals surface area (Å²) in [7, 11) is 0. The predicted molar refractivity (Wildman–Crippen MR) is 81.7 cm³/mol. The molecule has 6 heteroatoms. The van der Waals surface area contributed by atoms with Crippen LogP contribution in [0.25, 0.3) is 0 Å². The van der Waals surface area contributed by atoms with Crippen molar-refractivity contribution in [3.05, 3.63) is 51.2 Å². The number of phenolic OH excluding ortho intramolecular Hbond substituents is 1.